The number of unbranched alkanes of at least 4 members (excludes halogenated alkanes) is 2. The van der Waals surface area contributed by atoms with E-state index in [0.29, 0.717) is 11.4 Å². The van der Waals surface area contributed by atoms with Gasteiger partial charge in [0, 0.05) is 23.5 Å². The zero-order valence-corrected chi connectivity index (χ0v) is 12.1. The Balaban J connectivity index is 2.14. The summed E-state index contributed by atoms with van der Waals surface area (Å²) in [6.45, 7) is 4.69. The number of carbonyl (C=O) groups excluding carboxylic acids is 1. The summed E-state index contributed by atoms with van der Waals surface area (Å²) in [5, 5.41) is 13.3. The third-order valence-corrected chi connectivity index (χ3v) is 3.71. The number of fused-ring (bicyclic) bond motifs is 1. The van der Waals surface area contributed by atoms with Crippen molar-refractivity contribution in [2.45, 2.75) is 39.2 Å². The van der Waals surface area contributed by atoms with Crippen LogP contribution in [0.25, 0.3) is 0 Å². The van der Waals surface area contributed by atoms with E-state index >= 15 is 0 Å². The molecule has 0 aliphatic carbocycles. The standard InChI is InChI=1S/C16H22N2O2/c1-3-4-7-10-17-11(2)14-15(19)12-8-5-6-9-13(12)18-16(14)20/h5-6,8-9,14-15,19H,3-4,7,10H2,1-2H3,(H,18,20). The third kappa shape index (κ3) is 3.07. The molecular weight excluding hydrogens is 252 g/mol. The van der Waals surface area contributed by atoms with E-state index in [1.165, 1.54) is 0 Å². The lowest BCUT2D eigenvalue weighted by Crippen LogP contribution is -2.38. The fraction of sp³-hybridized carbons (Fsp3) is 0.500. The molecule has 4 nitrogen and oxygen atoms in total. The van der Waals surface area contributed by atoms with Gasteiger partial charge >= 0.3 is 0 Å². The molecule has 20 heavy (non-hydrogen) atoms. The molecule has 1 amide bonds. The van der Waals surface area contributed by atoms with Crippen molar-refractivity contribution in [3.05, 3.63) is 29.8 Å². The van der Waals surface area contributed by atoms with Crippen LogP contribution in [-0.4, -0.2) is 23.3 Å². The van der Waals surface area contributed by atoms with Crippen LogP contribution in [0.2, 0.25) is 0 Å². The van der Waals surface area contributed by atoms with E-state index in [1.54, 1.807) is 6.07 Å². The van der Waals surface area contributed by atoms with Gasteiger partial charge in [-0.05, 0) is 19.4 Å². The normalized spacial score (nSPS) is 22.4. The Morgan fingerprint density at radius 3 is 2.85 bits per heavy atom. The van der Waals surface area contributed by atoms with Gasteiger partial charge in [-0.1, -0.05) is 38.0 Å². The van der Waals surface area contributed by atoms with E-state index in [2.05, 4.69) is 17.2 Å². The number of aliphatic imine (C=N–C) groups is 1. The average molecular weight is 274 g/mol. The number of para-hydroxylation sites is 1. The smallest absolute Gasteiger partial charge is 0.236 e. The van der Waals surface area contributed by atoms with Gasteiger partial charge in [0.05, 0.1) is 6.10 Å². The number of anilines is 1. The third-order valence-electron chi connectivity index (χ3n) is 3.71. The van der Waals surface area contributed by atoms with Gasteiger partial charge in [-0.25, -0.2) is 0 Å². The molecule has 0 saturated carbocycles. The number of rotatable bonds is 5. The first-order valence-corrected chi connectivity index (χ1v) is 7.24. The predicted octanol–water partition coefficient (Wildman–Crippen LogP) is 2.94. The molecule has 4 heteroatoms. The van der Waals surface area contributed by atoms with Crippen molar-refractivity contribution in [3.8, 4) is 0 Å². The second-order valence-electron chi connectivity index (χ2n) is 5.23. The summed E-state index contributed by atoms with van der Waals surface area (Å²) in [7, 11) is 0. The van der Waals surface area contributed by atoms with Crippen LogP contribution in [0, 0.1) is 5.92 Å². The van der Waals surface area contributed by atoms with Crippen molar-refractivity contribution >= 4 is 17.3 Å². The lowest BCUT2D eigenvalue weighted by atomic mass is 9.87. The van der Waals surface area contributed by atoms with Crippen molar-refractivity contribution in [3.63, 3.8) is 0 Å². The van der Waals surface area contributed by atoms with Gasteiger partial charge in [0.2, 0.25) is 5.91 Å². The number of aliphatic hydroxyl groups is 1. The average Bonchev–Trinajstić information content (AvgIpc) is 2.43. The molecule has 0 radical (unpaired) electrons. The van der Waals surface area contributed by atoms with Crippen molar-refractivity contribution in [2.75, 3.05) is 11.9 Å². The Labute approximate surface area is 119 Å². The molecule has 1 aromatic rings. The summed E-state index contributed by atoms with van der Waals surface area (Å²) in [5.74, 6) is -0.750. The van der Waals surface area contributed by atoms with Crippen LogP contribution in [0.5, 0.6) is 0 Å². The summed E-state index contributed by atoms with van der Waals surface area (Å²) in [5.41, 5.74) is 2.17. The summed E-state index contributed by atoms with van der Waals surface area (Å²) in [6.07, 6.45) is 2.50. The maximum absolute atomic E-state index is 12.1. The lowest BCUT2D eigenvalue weighted by molar-refractivity contribution is -0.121. The van der Waals surface area contributed by atoms with Crippen LogP contribution in [0.3, 0.4) is 0 Å². The monoisotopic (exact) mass is 274 g/mol. The summed E-state index contributed by atoms with van der Waals surface area (Å²) < 4.78 is 0. The highest BCUT2D eigenvalue weighted by Gasteiger charge is 2.36. The molecule has 1 aromatic carbocycles. The number of hydrogen-bond acceptors (Lipinski definition) is 3. The zero-order valence-electron chi connectivity index (χ0n) is 12.1. The Bertz CT molecular complexity index is 511. The van der Waals surface area contributed by atoms with Gasteiger partial charge < -0.3 is 10.4 Å². The highest BCUT2D eigenvalue weighted by molar-refractivity contribution is 6.11. The fourth-order valence-corrected chi connectivity index (χ4v) is 2.54. The van der Waals surface area contributed by atoms with E-state index in [1.807, 2.05) is 25.1 Å². The van der Waals surface area contributed by atoms with Crippen molar-refractivity contribution < 1.29 is 9.90 Å². The van der Waals surface area contributed by atoms with Gasteiger partial charge in [0.1, 0.15) is 5.92 Å². The summed E-state index contributed by atoms with van der Waals surface area (Å²) in [4.78, 5) is 16.6. The van der Waals surface area contributed by atoms with E-state index < -0.39 is 12.0 Å². The second kappa shape index (κ2) is 6.66. The Morgan fingerprint density at radius 1 is 1.35 bits per heavy atom. The van der Waals surface area contributed by atoms with Crippen LogP contribution in [0.4, 0.5) is 5.69 Å². The lowest BCUT2D eigenvalue weighted by Gasteiger charge is -2.29. The molecule has 1 aliphatic rings. The first-order chi connectivity index (χ1) is 9.65. The predicted molar refractivity (Wildman–Crippen MR) is 81.0 cm³/mol. The molecule has 2 atom stereocenters. The maximum atomic E-state index is 12.1. The van der Waals surface area contributed by atoms with E-state index in [9.17, 15) is 9.90 Å². The fourth-order valence-electron chi connectivity index (χ4n) is 2.54. The number of benzene rings is 1. The van der Waals surface area contributed by atoms with Crippen molar-refractivity contribution in [1.82, 2.24) is 0 Å². The molecule has 0 saturated heterocycles. The van der Waals surface area contributed by atoms with Crippen LogP contribution in [0.15, 0.2) is 29.3 Å². The topological polar surface area (TPSA) is 61.7 Å². The van der Waals surface area contributed by atoms with Crippen LogP contribution in [0.1, 0.15) is 44.8 Å². The number of hydrogen-bond donors (Lipinski definition) is 2. The molecule has 0 aromatic heterocycles. The molecule has 108 valence electrons. The molecule has 1 aliphatic heterocycles. The molecule has 2 rings (SSSR count). The number of nitrogens with one attached hydrogen (secondary N) is 1. The second-order valence-corrected chi connectivity index (χ2v) is 5.23. The van der Waals surface area contributed by atoms with Crippen molar-refractivity contribution in [1.29, 1.82) is 0 Å². The first kappa shape index (κ1) is 14.7. The van der Waals surface area contributed by atoms with Gasteiger partial charge in [-0.15, -0.1) is 0 Å². The largest absolute Gasteiger partial charge is 0.387 e. The summed E-state index contributed by atoms with van der Waals surface area (Å²) >= 11 is 0. The minimum Gasteiger partial charge on any atom is -0.387 e. The molecule has 2 N–H and O–H groups in total. The number of nitrogens with zero attached hydrogens (tertiary/aromatic N) is 1. The summed E-state index contributed by atoms with van der Waals surface area (Å²) in [6, 6.07) is 7.36. The van der Waals surface area contributed by atoms with Crippen LogP contribution >= 0.6 is 0 Å². The highest BCUT2D eigenvalue weighted by Crippen LogP contribution is 2.34. The van der Waals surface area contributed by atoms with Crippen LogP contribution in [-0.2, 0) is 4.79 Å². The van der Waals surface area contributed by atoms with E-state index in [4.69, 9.17) is 0 Å². The molecular formula is C16H22N2O2. The van der Waals surface area contributed by atoms with Crippen LogP contribution < -0.4 is 5.32 Å². The minimum atomic E-state index is -0.810. The highest BCUT2D eigenvalue weighted by atomic mass is 16.3. The zero-order chi connectivity index (χ0) is 14.5. The number of aliphatic hydroxyl groups excluding tert-OH is 1. The molecule has 0 spiro atoms. The van der Waals surface area contributed by atoms with Gasteiger partial charge in [-0.3, -0.25) is 9.79 Å². The van der Waals surface area contributed by atoms with E-state index in [-0.39, 0.29) is 5.91 Å². The van der Waals surface area contributed by atoms with E-state index in [0.717, 1.165) is 31.4 Å². The first-order valence-electron chi connectivity index (χ1n) is 7.24. The maximum Gasteiger partial charge on any atom is 0.236 e. The molecule has 0 fully saturated rings. The number of amides is 1. The quantitative estimate of drug-likeness (QED) is 0.640. The molecule has 1 heterocycles. The Morgan fingerprint density at radius 2 is 2.10 bits per heavy atom. The Kier molecular flexibility index (Phi) is 4.90. The van der Waals surface area contributed by atoms with Gasteiger partial charge in [0.25, 0.3) is 0 Å². The molecule has 2 unspecified atom stereocenters. The number of carbonyl (C=O) groups is 1. The van der Waals surface area contributed by atoms with Gasteiger partial charge in [-0.2, -0.15) is 0 Å². The molecule has 0 bridgehead atoms. The minimum absolute atomic E-state index is 0.173. The van der Waals surface area contributed by atoms with Crippen molar-refractivity contribution in [2.24, 2.45) is 10.9 Å². The van der Waals surface area contributed by atoms with Gasteiger partial charge in [0.15, 0.2) is 0 Å². The Hall–Kier alpha value is -1.68. The SMILES string of the molecule is CCCCCN=C(C)C1C(=O)Nc2ccccc2C1O.